The predicted molar refractivity (Wildman–Crippen MR) is 209 cm³/mol. The molecule has 0 saturated carbocycles. The van der Waals surface area contributed by atoms with Gasteiger partial charge in [-0.15, -0.1) is 0 Å². The van der Waals surface area contributed by atoms with Crippen LogP contribution in [0, 0.1) is 11.8 Å². The monoisotopic (exact) mass is 777 g/mol. The van der Waals surface area contributed by atoms with E-state index in [2.05, 4.69) is 27.7 Å². The Labute approximate surface area is 321 Å². The van der Waals surface area contributed by atoms with E-state index in [1.807, 2.05) is 62.4 Å². The molecule has 0 spiro atoms. The van der Waals surface area contributed by atoms with Crippen LogP contribution in [0.25, 0.3) is 10.2 Å². The Kier molecular flexibility index (Phi) is 12.5. The SMILES string of the molecule is CC(C)CN(CC(O)C(Cc1ccccc1)NC(=O)OC1COC2OCCC12)S(=O)(=O)c1ccc2nc(N(Cc3ccccc3)C3CCNCC3)sc2c1. The molecule has 14 heteroatoms. The lowest BCUT2D eigenvalue weighted by atomic mass is 10.0. The van der Waals surface area contributed by atoms with Gasteiger partial charge in [0.1, 0.15) is 6.10 Å². The van der Waals surface area contributed by atoms with Crippen molar-refractivity contribution in [3.63, 3.8) is 0 Å². The number of thiazole rings is 1. The average Bonchev–Trinajstić information content (AvgIpc) is 3.91. The van der Waals surface area contributed by atoms with E-state index in [1.54, 1.807) is 18.2 Å². The summed E-state index contributed by atoms with van der Waals surface area (Å²) in [5, 5.41) is 18.9. The number of hydrogen-bond donors (Lipinski definition) is 3. The Morgan fingerprint density at radius 3 is 2.44 bits per heavy atom. The number of sulfonamides is 1. The summed E-state index contributed by atoms with van der Waals surface area (Å²) in [6.45, 7) is 7.22. The van der Waals surface area contributed by atoms with Crippen molar-refractivity contribution < 1.29 is 32.5 Å². The molecule has 3 saturated heterocycles. The zero-order chi connectivity index (χ0) is 37.7. The number of fused-ring (bicyclic) bond motifs is 2. The first-order valence-corrected chi connectivity index (χ1v) is 21.2. The second-order valence-corrected chi connectivity index (χ2v) is 17.9. The molecule has 5 atom stereocenters. The van der Waals surface area contributed by atoms with Crippen molar-refractivity contribution in [2.45, 2.75) is 81.6 Å². The van der Waals surface area contributed by atoms with E-state index in [9.17, 15) is 18.3 Å². The number of aliphatic hydroxyl groups is 1. The summed E-state index contributed by atoms with van der Waals surface area (Å²) in [5.74, 6) is -0.0694. The molecule has 0 radical (unpaired) electrons. The van der Waals surface area contributed by atoms with Crippen molar-refractivity contribution in [2.75, 3.05) is 44.3 Å². The van der Waals surface area contributed by atoms with E-state index in [0.717, 1.165) is 53.3 Å². The number of nitrogens with zero attached hydrogens (tertiary/aromatic N) is 3. The summed E-state index contributed by atoms with van der Waals surface area (Å²) in [4.78, 5) is 20.8. The highest BCUT2D eigenvalue weighted by molar-refractivity contribution is 7.89. The highest BCUT2D eigenvalue weighted by atomic mass is 32.2. The number of ether oxygens (including phenoxy) is 3. The molecule has 54 heavy (non-hydrogen) atoms. The largest absolute Gasteiger partial charge is 0.443 e. The van der Waals surface area contributed by atoms with Gasteiger partial charge in [-0.25, -0.2) is 18.2 Å². The third kappa shape index (κ3) is 9.24. The number of anilines is 1. The molecule has 5 unspecified atom stereocenters. The van der Waals surface area contributed by atoms with Crippen LogP contribution in [0.5, 0.6) is 0 Å². The third-order valence-electron chi connectivity index (χ3n) is 10.4. The summed E-state index contributed by atoms with van der Waals surface area (Å²) in [6, 6.07) is 24.4. The Bertz CT molecular complexity index is 1940. The van der Waals surface area contributed by atoms with E-state index in [-0.39, 0.29) is 49.1 Å². The van der Waals surface area contributed by atoms with Gasteiger partial charge in [-0.05, 0) is 74.0 Å². The van der Waals surface area contributed by atoms with Crippen LogP contribution in [0.3, 0.4) is 0 Å². The lowest BCUT2D eigenvalue weighted by Gasteiger charge is -2.34. The highest BCUT2D eigenvalue weighted by Crippen LogP contribution is 2.35. The minimum atomic E-state index is -4.07. The molecular weight excluding hydrogens is 727 g/mol. The Balaban J connectivity index is 1.11. The lowest BCUT2D eigenvalue weighted by Crippen LogP contribution is -2.51. The first-order valence-electron chi connectivity index (χ1n) is 19.0. The Morgan fingerprint density at radius 1 is 1.00 bits per heavy atom. The molecular formula is C40H51N5O7S2. The molecule has 3 aromatic carbocycles. The van der Waals surface area contributed by atoms with Gasteiger partial charge in [0.05, 0.1) is 46.4 Å². The van der Waals surface area contributed by atoms with Crippen molar-refractivity contribution in [3.8, 4) is 0 Å². The van der Waals surface area contributed by atoms with Crippen molar-refractivity contribution in [3.05, 3.63) is 90.0 Å². The van der Waals surface area contributed by atoms with E-state index in [0.29, 0.717) is 19.2 Å². The highest BCUT2D eigenvalue weighted by Gasteiger charge is 2.44. The fourth-order valence-electron chi connectivity index (χ4n) is 7.61. The van der Waals surface area contributed by atoms with Gasteiger partial charge in [-0.2, -0.15) is 4.31 Å². The Morgan fingerprint density at radius 2 is 1.72 bits per heavy atom. The molecule has 3 N–H and O–H groups in total. The number of rotatable bonds is 15. The summed E-state index contributed by atoms with van der Waals surface area (Å²) >= 11 is 1.50. The van der Waals surface area contributed by atoms with Gasteiger partial charge in [0.25, 0.3) is 0 Å². The Hall–Kier alpha value is -3.63. The number of benzene rings is 3. The zero-order valence-electron chi connectivity index (χ0n) is 30.9. The van der Waals surface area contributed by atoms with Gasteiger partial charge >= 0.3 is 6.09 Å². The van der Waals surface area contributed by atoms with E-state index in [1.165, 1.54) is 21.2 Å². The normalized spacial score (nSPS) is 21.7. The van der Waals surface area contributed by atoms with Crippen LogP contribution in [0.15, 0.2) is 83.8 Å². The van der Waals surface area contributed by atoms with Gasteiger partial charge in [-0.1, -0.05) is 85.8 Å². The van der Waals surface area contributed by atoms with Gasteiger partial charge in [0.15, 0.2) is 11.4 Å². The zero-order valence-corrected chi connectivity index (χ0v) is 32.5. The lowest BCUT2D eigenvalue weighted by molar-refractivity contribution is -0.0907. The minimum Gasteiger partial charge on any atom is -0.443 e. The molecule has 7 rings (SSSR count). The van der Waals surface area contributed by atoms with Crippen molar-refractivity contribution in [1.29, 1.82) is 0 Å². The maximum absolute atomic E-state index is 14.5. The molecule has 4 aromatic rings. The minimum absolute atomic E-state index is 0.0309. The van der Waals surface area contributed by atoms with Crippen molar-refractivity contribution >= 4 is 42.8 Å². The summed E-state index contributed by atoms with van der Waals surface area (Å²) in [7, 11) is -4.07. The first-order chi connectivity index (χ1) is 26.1. The number of aromatic nitrogens is 1. The number of carbonyl (C=O) groups excluding carboxylic acids is 1. The topological polar surface area (TPSA) is 143 Å². The van der Waals surface area contributed by atoms with Gasteiger partial charge in [-0.3, -0.25) is 0 Å². The molecule has 0 aliphatic carbocycles. The van der Waals surface area contributed by atoms with E-state index >= 15 is 0 Å². The van der Waals surface area contributed by atoms with Gasteiger partial charge in [0, 0.05) is 25.7 Å². The van der Waals surface area contributed by atoms with Crippen LogP contribution in [0.2, 0.25) is 0 Å². The van der Waals surface area contributed by atoms with Gasteiger partial charge in [0.2, 0.25) is 10.0 Å². The number of nitrogens with one attached hydrogen (secondary N) is 2. The van der Waals surface area contributed by atoms with E-state index in [4.69, 9.17) is 19.2 Å². The first kappa shape index (κ1) is 38.6. The van der Waals surface area contributed by atoms with Crippen LogP contribution < -0.4 is 15.5 Å². The second kappa shape index (κ2) is 17.4. The number of piperidine rings is 1. The van der Waals surface area contributed by atoms with Gasteiger partial charge < -0.3 is 34.9 Å². The molecule has 12 nitrogen and oxygen atoms in total. The van der Waals surface area contributed by atoms with Crippen molar-refractivity contribution in [2.24, 2.45) is 11.8 Å². The van der Waals surface area contributed by atoms with Crippen molar-refractivity contribution in [1.82, 2.24) is 19.9 Å². The summed E-state index contributed by atoms with van der Waals surface area (Å²) in [5.41, 5.74) is 2.82. The second-order valence-electron chi connectivity index (χ2n) is 14.9. The molecule has 4 heterocycles. The van der Waals surface area contributed by atoms with Crippen LogP contribution in [-0.2, 0) is 37.2 Å². The fourth-order valence-corrected chi connectivity index (χ4v) is 10.4. The maximum atomic E-state index is 14.5. The fraction of sp³-hybridized carbons (Fsp3) is 0.500. The molecule has 3 aliphatic rings. The number of carbonyl (C=O) groups is 1. The molecule has 290 valence electrons. The quantitative estimate of drug-likeness (QED) is 0.148. The number of hydrogen-bond acceptors (Lipinski definition) is 11. The van der Waals surface area contributed by atoms with Crippen LogP contribution in [0.1, 0.15) is 44.2 Å². The van der Waals surface area contributed by atoms with Crippen LogP contribution in [-0.4, -0.2) is 98.9 Å². The molecule has 0 bridgehead atoms. The number of aliphatic hydroxyl groups excluding tert-OH is 1. The van der Waals surface area contributed by atoms with Crippen LogP contribution in [0.4, 0.5) is 9.93 Å². The summed E-state index contributed by atoms with van der Waals surface area (Å²) in [6.07, 6.45) is 0.235. The predicted octanol–water partition coefficient (Wildman–Crippen LogP) is 5.16. The molecule has 1 aromatic heterocycles. The van der Waals surface area contributed by atoms with E-state index < -0.39 is 34.4 Å². The molecule has 3 aliphatic heterocycles. The average molecular weight is 778 g/mol. The number of alkyl carbamates (subject to hydrolysis) is 1. The standard InChI is InChI=1S/C40H51N5O7S2/c1-27(2)23-44(25-35(46)34(21-28-9-5-3-6-10-28)43-40(47)52-36-26-51-38-32(36)17-20-50-38)54(48,49)31-13-14-33-37(22-31)53-39(42-33)45(30-15-18-41-19-16-30)24-29-11-7-4-8-12-29/h3-14,22,27,30,32,34-36,38,41,46H,15-21,23-26H2,1-2H3,(H,43,47). The van der Waals surface area contributed by atoms with Crippen LogP contribution >= 0.6 is 11.3 Å². The smallest absolute Gasteiger partial charge is 0.407 e. The maximum Gasteiger partial charge on any atom is 0.407 e. The molecule has 3 fully saturated rings. The third-order valence-corrected chi connectivity index (χ3v) is 13.3. The summed E-state index contributed by atoms with van der Waals surface area (Å²) < 4.78 is 48.0. The number of amides is 1. The molecule has 1 amide bonds.